The Hall–Kier alpha value is -1.75. The van der Waals surface area contributed by atoms with Crippen LogP contribution in [0.5, 0.6) is 0 Å². The van der Waals surface area contributed by atoms with Crippen LogP contribution in [0.2, 0.25) is 0 Å². The number of hydrogen-bond acceptors (Lipinski definition) is 3. The highest BCUT2D eigenvalue weighted by Crippen LogP contribution is 2.26. The molecule has 0 aliphatic heterocycles. The molecule has 0 unspecified atom stereocenters. The van der Waals surface area contributed by atoms with E-state index in [2.05, 4.69) is 4.98 Å². The van der Waals surface area contributed by atoms with Crippen LogP contribution in [0.4, 0.5) is 8.78 Å². The predicted octanol–water partition coefficient (Wildman–Crippen LogP) is 2.77. The fourth-order valence-corrected chi connectivity index (χ4v) is 1.45. The highest BCUT2D eigenvalue weighted by Gasteiger charge is 2.15. The third kappa shape index (κ3) is 1.94. The average molecular weight is 225 g/mol. The van der Waals surface area contributed by atoms with E-state index in [1.807, 2.05) is 0 Å². The molecule has 2 aromatic rings. The van der Waals surface area contributed by atoms with Gasteiger partial charge in [0.2, 0.25) is 0 Å². The number of nitrogens with zero attached hydrogens (tertiary/aromatic N) is 1. The van der Waals surface area contributed by atoms with Crippen LogP contribution < -0.4 is 0 Å². The van der Waals surface area contributed by atoms with Crippen molar-refractivity contribution in [2.75, 3.05) is 7.11 Å². The number of oxazole rings is 1. The zero-order chi connectivity index (χ0) is 11.5. The molecule has 5 heteroatoms. The lowest BCUT2D eigenvalue weighted by Gasteiger charge is -2.05. The summed E-state index contributed by atoms with van der Waals surface area (Å²) in [5.41, 5.74) is 0.220. The van der Waals surface area contributed by atoms with Crippen LogP contribution in [-0.4, -0.2) is 12.1 Å². The first kappa shape index (κ1) is 10.8. The molecule has 0 N–H and O–H groups in total. The zero-order valence-corrected chi connectivity index (χ0v) is 8.54. The van der Waals surface area contributed by atoms with Crippen LogP contribution in [0.1, 0.15) is 5.56 Å². The van der Waals surface area contributed by atoms with Gasteiger partial charge in [-0.2, -0.15) is 0 Å². The van der Waals surface area contributed by atoms with Crippen LogP contribution in [0, 0.1) is 11.6 Å². The molecule has 0 atom stereocenters. The maximum atomic E-state index is 13.6. The van der Waals surface area contributed by atoms with Crippen molar-refractivity contribution in [2.24, 2.45) is 0 Å². The third-order valence-corrected chi connectivity index (χ3v) is 2.09. The number of ether oxygens (including phenoxy) is 1. The summed E-state index contributed by atoms with van der Waals surface area (Å²) < 4.78 is 36.9. The predicted molar refractivity (Wildman–Crippen MR) is 52.6 cm³/mol. The summed E-state index contributed by atoms with van der Waals surface area (Å²) in [7, 11) is 1.46. The average Bonchev–Trinajstić information content (AvgIpc) is 2.70. The van der Waals surface area contributed by atoms with Crippen molar-refractivity contribution in [3.63, 3.8) is 0 Å². The SMILES string of the molecule is COCc1cc(F)c(-c2cnco2)c(F)c1. The van der Waals surface area contributed by atoms with E-state index in [0.717, 1.165) is 6.39 Å². The number of aromatic nitrogens is 1. The summed E-state index contributed by atoms with van der Waals surface area (Å²) in [5, 5.41) is 0. The van der Waals surface area contributed by atoms with Gasteiger partial charge in [0.25, 0.3) is 0 Å². The van der Waals surface area contributed by atoms with E-state index < -0.39 is 11.6 Å². The van der Waals surface area contributed by atoms with Crippen molar-refractivity contribution in [3.05, 3.63) is 41.9 Å². The second-order valence-electron chi connectivity index (χ2n) is 3.23. The number of benzene rings is 1. The van der Waals surface area contributed by atoms with Gasteiger partial charge in [0.1, 0.15) is 11.6 Å². The first-order chi connectivity index (χ1) is 7.72. The van der Waals surface area contributed by atoms with E-state index in [-0.39, 0.29) is 17.9 Å². The summed E-state index contributed by atoms with van der Waals surface area (Å²) in [6.45, 7) is 0.157. The Balaban J connectivity index is 2.48. The molecule has 0 aliphatic rings. The quantitative estimate of drug-likeness (QED) is 0.805. The second kappa shape index (κ2) is 4.40. The van der Waals surface area contributed by atoms with Crippen LogP contribution in [0.25, 0.3) is 11.3 Å². The van der Waals surface area contributed by atoms with Gasteiger partial charge in [-0.15, -0.1) is 0 Å². The van der Waals surface area contributed by atoms with E-state index in [1.54, 1.807) is 0 Å². The molecule has 0 bridgehead atoms. The maximum Gasteiger partial charge on any atom is 0.181 e. The molecule has 1 aromatic carbocycles. The van der Waals surface area contributed by atoms with E-state index in [4.69, 9.17) is 9.15 Å². The Kier molecular flexibility index (Phi) is 2.96. The molecule has 1 heterocycles. The molecule has 84 valence electrons. The summed E-state index contributed by atoms with van der Waals surface area (Å²) in [6, 6.07) is 2.43. The third-order valence-electron chi connectivity index (χ3n) is 2.09. The van der Waals surface area contributed by atoms with Gasteiger partial charge in [0, 0.05) is 7.11 Å². The molecule has 0 radical (unpaired) electrons. The first-order valence-electron chi connectivity index (χ1n) is 4.58. The Morgan fingerprint density at radius 3 is 2.50 bits per heavy atom. The van der Waals surface area contributed by atoms with E-state index in [1.165, 1.54) is 25.4 Å². The fraction of sp³-hybridized carbons (Fsp3) is 0.182. The van der Waals surface area contributed by atoms with Crippen molar-refractivity contribution in [3.8, 4) is 11.3 Å². The van der Waals surface area contributed by atoms with Crippen molar-refractivity contribution in [1.82, 2.24) is 4.98 Å². The molecular formula is C11H9F2NO2. The normalized spacial score (nSPS) is 10.7. The van der Waals surface area contributed by atoms with E-state index >= 15 is 0 Å². The lowest BCUT2D eigenvalue weighted by Crippen LogP contribution is -1.95. The van der Waals surface area contributed by atoms with Crippen molar-refractivity contribution in [2.45, 2.75) is 6.61 Å². The topological polar surface area (TPSA) is 35.3 Å². The minimum Gasteiger partial charge on any atom is -0.443 e. The minimum atomic E-state index is -0.691. The van der Waals surface area contributed by atoms with Gasteiger partial charge in [0.05, 0.1) is 18.4 Å². The molecule has 3 nitrogen and oxygen atoms in total. The summed E-state index contributed by atoms with van der Waals surface area (Å²) in [6.07, 6.45) is 2.38. The summed E-state index contributed by atoms with van der Waals surface area (Å²) in [5.74, 6) is -1.31. The number of halogens is 2. The molecular weight excluding hydrogens is 216 g/mol. The maximum absolute atomic E-state index is 13.6. The van der Waals surface area contributed by atoms with Gasteiger partial charge in [-0.25, -0.2) is 13.8 Å². The standard InChI is InChI=1S/C11H9F2NO2/c1-15-5-7-2-8(12)11(9(13)3-7)10-4-14-6-16-10/h2-4,6H,5H2,1H3. The van der Waals surface area contributed by atoms with Crippen LogP contribution in [-0.2, 0) is 11.3 Å². The van der Waals surface area contributed by atoms with Crippen molar-refractivity contribution < 1.29 is 17.9 Å². The van der Waals surface area contributed by atoms with Gasteiger partial charge in [-0.1, -0.05) is 0 Å². The van der Waals surface area contributed by atoms with Crippen LogP contribution >= 0.6 is 0 Å². The van der Waals surface area contributed by atoms with Crippen LogP contribution in [0.15, 0.2) is 29.1 Å². The van der Waals surface area contributed by atoms with Gasteiger partial charge in [0.15, 0.2) is 12.2 Å². The van der Waals surface area contributed by atoms with Crippen LogP contribution in [0.3, 0.4) is 0 Å². The zero-order valence-electron chi connectivity index (χ0n) is 8.54. The highest BCUT2D eigenvalue weighted by molar-refractivity contribution is 5.58. The molecule has 1 aromatic heterocycles. The summed E-state index contributed by atoms with van der Waals surface area (Å²) >= 11 is 0. The molecule has 0 saturated carbocycles. The van der Waals surface area contributed by atoms with Gasteiger partial charge in [-0.05, 0) is 17.7 Å². The lowest BCUT2D eigenvalue weighted by molar-refractivity contribution is 0.184. The fourth-order valence-electron chi connectivity index (χ4n) is 1.45. The monoisotopic (exact) mass is 225 g/mol. The largest absolute Gasteiger partial charge is 0.443 e. The molecule has 0 spiro atoms. The Morgan fingerprint density at radius 1 is 1.31 bits per heavy atom. The van der Waals surface area contributed by atoms with Gasteiger partial charge < -0.3 is 9.15 Å². The molecule has 0 saturated heterocycles. The number of rotatable bonds is 3. The smallest absolute Gasteiger partial charge is 0.181 e. The molecule has 0 aliphatic carbocycles. The summed E-state index contributed by atoms with van der Waals surface area (Å²) in [4.78, 5) is 3.61. The van der Waals surface area contributed by atoms with Crippen molar-refractivity contribution in [1.29, 1.82) is 0 Å². The highest BCUT2D eigenvalue weighted by atomic mass is 19.1. The van der Waals surface area contributed by atoms with E-state index in [0.29, 0.717) is 5.56 Å². The Bertz CT molecular complexity index is 460. The Morgan fingerprint density at radius 2 is 2.00 bits per heavy atom. The first-order valence-corrected chi connectivity index (χ1v) is 4.58. The minimum absolute atomic E-state index is 0.0685. The molecule has 0 amide bonds. The van der Waals surface area contributed by atoms with Crippen molar-refractivity contribution >= 4 is 0 Å². The molecule has 2 rings (SSSR count). The lowest BCUT2D eigenvalue weighted by atomic mass is 10.1. The second-order valence-corrected chi connectivity index (χ2v) is 3.23. The Labute approximate surface area is 90.7 Å². The van der Waals surface area contributed by atoms with Gasteiger partial charge in [-0.3, -0.25) is 0 Å². The number of hydrogen-bond donors (Lipinski definition) is 0. The molecule has 0 fully saturated rings. The number of methoxy groups -OCH3 is 1. The van der Waals surface area contributed by atoms with Gasteiger partial charge >= 0.3 is 0 Å². The van der Waals surface area contributed by atoms with E-state index in [9.17, 15) is 8.78 Å². The molecule has 16 heavy (non-hydrogen) atoms.